The van der Waals surface area contributed by atoms with Gasteiger partial charge in [-0.05, 0) is 47.5 Å². The number of hydrogen-bond acceptors (Lipinski definition) is 6. The largest absolute Gasteiger partial charge is 0.392 e. The van der Waals surface area contributed by atoms with Gasteiger partial charge in [-0.1, -0.05) is 6.07 Å². The molecular weight excluding hydrogens is 360 g/mol. The molecule has 0 saturated carbocycles. The summed E-state index contributed by atoms with van der Waals surface area (Å²) in [4.78, 5) is 4.06. The van der Waals surface area contributed by atoms with Gasteiger partial charge in [0, 0.05) is 4.47 Å². The number of aliphatic hydroxyl groups is 1. The van der Waals surface area contributed by atoms with Crippen LogP contribution in [0.2, 0.25) is 0 Å². The second-order valence-corrected chi connectivity index (χ2v) is 6.84. The van der Waals surface area contributed by atoms with Crippen LogP contribution in [-0.2, 0) is 16.6 Å². The summed E-state index contributed by atoms with van der Waals surface area (Å²) in [5.41, 5.74) is 1.83. The molecule has 0 aliphatic heterocycles. The fourth-order valence-electron chi connectivity index (χ4n) is 1.54. The number of hydrogen-bond donors (Lipinski definition) is 2. The first-order valence-electron chi connectivity index (χ1n) is 5.93. The topological polar surface area (TPSA) is 105 Å². The highest BCUT2D eigenvalue weighted by atomic mass is 79.9. The van der Waals surface area contributed by atoms with Gasteiger partial charge in [0.05, 0.1) is 18.0 Å². The number of benzene rings is 1. The molecule has 0 unspecified atom stereocenters. The maximum Gasteiger partial charge on any atom is 0.265 e. The number of sulfonamides is 1. The molecule has 0 bridgehead atoms. The number of rotatable bonds is 4. The number of nitrogens with zero attached hydrogens (tertiary/aromatic N) is 3. The predicted molar refractivity (Wildman–Crippen MR) is 80.2 cm³/mol. The van der Waals surface area contributed by atoms with Crippen LogP contribution >= 0.6 is 15.9 Å². The van der Waals surface area contributed by atoms with Crippen molar-refractivity contribution in [2.75, 3.05) is 4.72 Å². The second kappa shape index (κ2) is 6.04. The molecule has 112 valence electrons. The van der Waals surface area contributed by atoms with Gasteiger partial charge in [0.25, 0.3) is 16.0 Å². The third-order valence-corrected chi connectivity index (χ3v) is 5.09. The van der Waals surface area contributed by atoms with Crippen molar-refractivity contribution < 1.29 is 13.5 Å². The normalized spacial score (nSPS) is 11.4. The van der Waals surface area contributed by atoms with Gasteiger partial charge in [0.2, 0.25) is 0 Å². The highest BCUT2D eigenvalue weighted by Crippen LogP contribution is 2.24. The van der Waals surface area contributed by atoms with Crippen molar-refractivity contribution >= 4 is 31.9 Å². The Bertz CT molecular complexity index is 780. The average molecular weight is 373 g/mol. The Morgan fingerprint density at radius 3 is 2.52 bits per heavy atom. The summed E-state index contributed by atoms with van der Waals surface area (Å²) in [6.07, 6.45) is 0. The van der Waals surface area contributed by atoms with Crippen LogP contribution in [-0.4, -0.2) is 28.7 Å². The molecule has 2 N–H and O–H groups in total. The fourth-order valence-corrected chi connectivity index (χ4v) is 3.60. The molecule has 0 aliphatic carbocycles. The molecule has 0 aliphatic rings. The van der Waals surface area contributed by atoms with Crippen molar-refractivity contribution in [3.63, 3.8) is 0 Å². The summed E-state index contributed by atoms with van der Waals surface area (Å²) in [6.45, 7) is 3.28. The smallest absolute Gasteiger partial charge is 0.265 e. The third-order valence-electron chi connectivity index (χ3n) is 2.79. The number of aryl methyl sites for hydroxylation is 2. The van der Waals surface area contributed by atoms with Crippen LogP contribution in [0.15, 0.2) is 27.6 Å². The summed E-state index contributed by atoms with van der Waals surface area (Å²) in [5.74, 6) is -0.0868. The van der Waals surface area contributed by atoms with Crippen LogP contribution in [0.1, 0.15) is 17.0 Å². The van der Waals surface area contributed by atoms with Crippen LogP contribution in [0.25, 0.3) is 0 Å². The molecule has 7 nitrogen and oxygen atoms in total. The molecule has 1 heterocycles. The fraction of sp³-hybridized carbons (Fsp3) is 0.250. The minimum Gasteiger partial charge on any atom is -0.392 e. The number of nitrogens with one attached hydrogen (secondary N) is 1. The highest BCUT2D eigenvalue weighted by molar-refractivity contribution is 9.10. The maximum absolute atomic E-state index is 12.3. The molecule has 21 heavy (non-hydrogen) atoms. The summed E-state index contributed by atoms with van der Waals surface area (Å²) < 4.78 is 27.2. The van der Waals surface area contributed by atoms with E-state index in [-0.39, 0.29) is 17.5 Å². The van der Waals surface area contributed by atoms with Gasteiger partial charge in [0.1, 0.15) is 4.90 Å². The van der Waals surface area contributed by atoms with E-state index >= 15 is 0 Å². The summed E-state index contributed by atoms with van der Waals surface area (Å²) >= 11 is 3.18. The van der Waals surface area contributed by atoms with Crippen LogP contribution < -0.4 is 4.72 Å². The van der Waals surface area contributed by atoms with E-state index in [4.69, 9.17) is 5.11 Å². The summed E-state index contributed by atoms with van der Waals surface area (Å²) in [6, 6.07) is 4.46. The molecule has 2 aromatic rings. The van der Waals surface area contributed by atoms with Crippen molar-refractivity contribution in [3.8, 4) is 0 Å². The lowest BCUT2D eigenvalue weighted by molar-refractivity contribution is 0.281. The minimum absolute atomic E-state index is 0.0292. The van der Waals surface area contributed by atoms with E-state index in [1.54, 1.807) is 13.8 Å². The van der Waals surface area contributed by atoms with Gasteiger partial charge < -0.3 is 5.11 Å². The van der Waals surface area contributed by atoms with Crippen LogP contribution in [0.4, 0.5) is 5.95 Å². The lowest BCUT2D eigenvalue weighted by atomic mass is 10.2. The molecule has 0 saturated heterocycles. The zero-order valence-corrected chi connectivity index (χ0v) is 13.7. The Hall–Kier alpha value is -1.58. The highest BCUT2D eigenvalue weighted by Gasteiger charge is 2.19. The average Bonchev–Trinajstić information content (AvgIpc) is 2.42. The first kappa shape index (κ1) is 15.8. The van der Waals surface area contributed by atoms with E-state index in [0.717, 1.165) is 0 Å². The van der Waals surface area contributed by atoms with E-state index in [0.29, 0.717) is 21.4 Å². The number of anilines is 1. The second-order valence-electron chi connectivity index (χ2n) is 4.33. The first-order valence-corrected chi connectivity index (χ1v) is 8.21. The molecule has 1 aromatic heterocycles. The van der Waals surface area contributed by atoms with Crippen molar-refractivity contribution in [3.05, 3.63) is 39.6 Å². The predicted octanol–water partition coefficient (Wildman–Crippen LogP) is 1.54. The standard InChI is InChI=1S/C12H13BrN4O3S/c1-7-8(2)15-16-12(14-7)17-21(19,20)11-4-3-9(6-18)5-10(11)13/h3-5,18H,6H2,1-2H3,(H,14,16,17). The van der Waals surface area contributed by atoms with Gasteiger partial charge in [-0.2, -0.15) is 5.10 Å². The van der Waals surface area contributed by atoms with E-state index in [2.05, 4.69) is 35.8 Å². The van der Waals surface area contributed by atoms with Crippen molar-refractivity contribution in [2.24, 2.45) is 0 Å². The van der Waals surface area contributed by atoms with Crippen LogP contribution in [0.3, 0.4) is 0 Å². The Labute approximate surface area is 130 Å². The molecular formula is C12H13BrN4O3S. The number of halogens is 1. The summed E-state index contributed by atoms with van der Waals surface area (Å²) in [5, 5.41) is 16.6. The van der Waals surface area contributed by atoms with E-state index in [9.17, 15) is 8.42 Å². The van der Waals surface area contributed by atoms with Crippen LogP contribution in [0, 0.1) is 13.8 Å². The van der Waals surface area contributed by atoms with Crippen LogP contribution in [0.5, 0.6) is 0 Å². The molecule has 0 fully saturated rings. The minimum atomic E-state index is -3.84. The zero-order chi connectivity index (χ0) is 15.6. The zero-order valence-electron chi connectivity index (χ0n) is 11.3. The van der Waals surface area contributed by atoms with Crippen molar-refractivity contribution in [2.45, 2.75) is 25.3 Å². The van der Waals surface area contributed by atoms with Crippen molar-refractivity contribution in [1.29, 1.82) is 0 Å². The van der Waals surface area contributed by atoms with E-state index in [1.807, 2.05) is 0 Å². The van der Waals surface area contributed by atoms with Gasteiger partial charge in [0.15, 0.2) is 0 Å². The number of aliphatic hydroxyl groups excluding tert-OH is 1. The molecule has 2 rings (SSSR count). The quantitative estimate of drug-likeness (QED) is 0.843. The van der Waals surface area contributed by atoms with Gasteiger partial charge in [-0.3, -0.25) is 0 Å². The van der Waals surface area contributed by atoms with Gasteiger partial charge in [-0.25, -0.2) is 18.1 Å². The molecule has 0 spiro atoms. The molecule has 1 aromatic carbocycles. The van der Waals surface area contributed by atoms with Gasteiger partial charge >= 0.3 is 0 Å². The van der Waals surface area contributed by atoms with E-state index in [1.165, 1.54) is 18.2 Å². The lowest BCUT2D eigenvalue weighted by Gasteiger charge is -2.09. The third kappa shape index (κ3) is 3.55. The first-order chi connectivity index (χ1) is 9.83. The van der Waals surface area contributed by atoms with E-state index < -0.39 is 10.0 Å². The number of aromatic nitrogens is 3. The molecule has 9 heteroatoms. The van der Waals surface area contributed by atoms with Crippen molar-refractivity contribution in [1.82, 2.24) is 15.2 Å². The Morgan fingerprint density at radius 2 is 1.95 bits per heavy atom. The Morgan fingerprint density at radius 1 is 1.24 bits per heavy atom. The molecule has 0 atom stereocenters. The Kier molecular flexibility index (Phi) is 4.55. The Balaban J connectivity index is 2.36. The molecule has 0 amide bonds. The summed E-state index contributed by atoms with van der Waals surface area (Å²) in [7, 11) is -3.84. The molecule has 0 radical (unpaired) electrons. The lowest BCUT2D eigenvalue weighted by Crippen LogP contribution is -2.17. The monoisotopic (exact) mass is 372 g/mol. The maximum atomic E-state index is 12.3. The van der Waals surface area contributed by atoms with Gasteiger partial charge in [-0.15, -0.1) is 5.10 Å². The SMILES string of the molecule is Cc1nnc(NS(=O)(=O)c2ccc(CO)cc2Br)nc1C.